The number of nitrogens with two attached hydrogens (primary N) is 1. The van der Waals surface area contributed by atoms with Crippen molar-refractivity contribution in [3.8, 4) is 0 Å². The molecule has 0 aromatic carbocycles. The van der Waals surface area contributed by atoms with Gasteiger partial charge in [-0.25, -0.2) is 18.5 Å². The summed E-state index contributed by atoms with van der Waals surface area (Å²) in [6, 6.07) is 0.306. The second-order valence-electron chi connectivity index (χ2n) is 5.30. The van der Waals surface area contributed by atoms with E-state index in [9.17, 15) is 8.42 Å². The molecular formula is C12H21N3O2S2. The van der Waals surface area contributed by atoms with E-state index in [2.05, 4.69) is 17.2 Å². The van der Waals surface area contributed by atoms with E-state index in [0.29, 0.717) is 11.2 Å². The second-order valence-corrected chi connectivity index (χ2v) is 8.12. The Bertz CT molecular complexity index is 507. The Morgan fingerprint density at radius 3 is 2.79 bits per heavy atom. The smallest absolute Gasteiger partial charge is 0.249 e. The van der Waals surface area contributed by atoms with Gasteiger partial charge in [0, 0.05) is 6.04 Å². The third-order valence-electron chi connectivity index (χ3n) is 3.62. The number of nitrogens with zero attached hydrogens (tertiary/aromatic N) is 1. The maximum Gasteiger partial charge on any atom is 0.249 e. The topological polar surface area (TPSA) is 85.1 Å². The van der Waals surface area contributed by atoms with Crippen molar-refractivity contribution < 1.29 is 8.42 Å². The Balaban J connectivity index is 1.81. The quantitative estimate of drug-likeness (QED) is 0.845. The molecule has 1 aromatic heterocycles. The summed E-state index contributed by atoms with van der Waals surface area (Å²) in [6.07, 6.45) is 9.11. The fourth-order valence-corrected chi connectivity index (χ4v) is 4.09. The van der Waals surface area contributed by atoms with Crippen LogP contribution in [-0.2, 0) is 10.0 Å². The minimum Gasteiger partial charge on any atom is -0.359 e. The number of hydrogen-bond donors (Lipinski definition) is 2. The highest BCUT2D eigenvalue weighted by Gasteiger charge is 2.17. The number of primary sulfonamides is 1. The zero-order valence-corrected chi connectivity index (χ0v) is 12.8. The molecule has 0 amide bonds. The van der Waals surface area contributed by atoms with Gasteiger partial charge in [0.1, 0.15) is 0 Å². The van der Waals surface area contributed by atoms with Crippen LogP contribution in [0.3, 0.4) is 0 Å². The molecule has 0 spiro atoms. The first kappa shape index (κ1) is 14.7. The monoisotopic (exact) mass is 303 g/mol. The Hall–Kier alpha value is -0.660. The van der Waals surface area contributed by atoms with E-state index < -0.39 is 10.0 Å². The highest BCUT2D eigenvalue weighted by Crippen LogP contribution is 2.29. The van der Waals surface area contributed by atoms with Crippen LogP contribution in [0, 0.1) is 5.92 Å². The molecule has 1 aliphatic rings. The summed E-state index contributed by atoms with van der Waals surface area (Å²) in [5.41, 5.74) is 0. The molecule has 5 nitrogen and oxygen atoms in total. The summed E-state index contributed by atoms with van der Waals surface area (Å²) in [5.74, 6) is 0.875. The molecule has 7 heteroatoms. The Morgan fingerprint density at radius 1 is 1.53 bits per heavy atom. The first-order valence-corrected chi connectivity index (χ1v) is 9.06. The van der Waals surface area contributed by atoms with E-state index in [-0.39, 0.29) is 4.21 Å². The zero-order valence-electron chi connectivity index (χ0n) is 11.1. The van der Waals surface area contributed by atoms with Gasteiger partial charge in [-0.3, -0.25) is 0 Å². The molecule has 0 radical (unpaired) electrons. The molecule has 1 aliphatic carbocycles. The molecule has 1 fully saturated rings. The van der Waals surface area contributed by atoms with Crippen LogP contribution < -0.4 is 10.5 Å². The molecule has 0 aliphatic heterocycles. The average molecular weight is 303 g/mol. The lowest BCUT2D eigenvalue weighted by Gasteiger charge is -2.15. The number of sulfonamides is 1. The number of aromatic nitrogens is 1. The van der Waals surface area contributed by atoms with Crippen LogP contribution >= 0.6 is 11.3 Å². The Morgan fingerprint density at radius 2 is 2.21 bits per heavy atom. The van der Waals surface area contributed by atoms with Crippen LogP contribution in [0.5, 0.6) is 0 Å². The van der Waals surface area contributed by atoms with Gasteiger partial charge in [0.05, 0.1) is 6.20 Å². The van der Waals surface area contributed by atoms with Gasteiger partial charge >= 0.3 is 0 Å². The van der Waals surface area contributed by atoms with Crippen molar-refractivity contribution in [3.05, 3.63) is 6.20 Å². The summed E-state index contributed by atoms with van der Waals surface area (Å²) in [4.78, 5) is 4.05. The van der Waals surface area contributed by atoms with E-state index in [0.717, 1.165) is 23.7 Å². The molecule has 1 heterocycles. The zero-order chi connectivity index (χ0) is 13.9. The highest BCUT2D eigenvalue weighted by atomic mass is 32.2. The Labute approximate surface area is 118 Å². The molecule has 2 rings (SSSR count). The van der Waals surface area contributed by atoms with Crippen LogP contribution in [0.15, 0.2) is 10.4 Å². The summed E-state index contributed by atoms with van der Waals surface area (Å²) in [7, 11) is -3.63. The summed E-state index contributed by atoms with van der Waals surface area (Å²) in [6.45, 7) is 2.10. The first-order chi connectivity index (χ1) is 8.95. The normalized spacial score (nSPS) is 18.6. The lowest BCUT2D eigenvalue weighted by molar-refractivity contribution is 0.467. The molecule has 19 heavy (non-hydrogen) atoms. The Kier molecular flexibility index (Phi) is 4.81. The number of nitrogens with one attached hydrogen (secondary N) is 1. The van der Waals surface area contributed by atoms with Crippen LogP contribution in [0.1, 0.15) is 45.4 Å². The lowest BCUT2D eigenvalue weighted by Crippen LogP contribution is -2.16. The minimum absolute atomic E-state index is 0.109. The predicted molar refractivity (Wildman–Crippen MR) is 77.8 cm³/mol. The van der Waals surface area contributed by atoms with Crippen LogP contribution in [0.2, 0.25) is 0 Å². The predicted octanol–water partition coefficient (Wildman–Crippen LogP) is 2.56. The lowest BCUT2D eigenvalue weighted by atomic mass is 9.99. The molecular weight excluding hydrogens is 282 g/mol. The largest absolute Gasteiger partial charge is 0.359 e. The highest BCUT2D eigenvalue weighted by molar-refractivity contribution is 7.91. The van der Waals surface area contributed by atoms with Gasteiger partial charge in [-0.15, -0.1) is 0 Å². The van der Waals surface area contributed by atoms with Crippen molar-refractivity contribution in [2.24, 2.45) is 11.1 Å². The molecule has 0 saturated heterocycles. The van der Waals surface area contributed by atoms with Crippen LogP contribution in [0.4, 0.5) is 5.13 Å². The van der Waals surface area contributed by atoms with E-state index in [4.69, 9.17) is 5.14 Å². The van der Waals surface area contributed by atoms with Gasteiger partial charge in [-0.2, -0.15) is 0 Å². The van der Waals surface area contributed by atoms with Crippen molar-refractivity contribution in [1.29, 1.82) is 0 Å². The van der Waals surface area contributed by atoms with Crippen molar-refractivity contribution in [1.82, 2.24) is 4.98 Å². The van der Waals surface area contributed by atoms with Crippen molar-refractivity contribution in [2.45, 2.75) is 55.7 Å². The number of thiazole rings is 1. The number of rotatable bonds is 6. The van der Waals surface area contributed by atoms with E-state index in [1.165, 1.54) is 38.3 Å². The first-order valence-electron chi connectivity index (χ1n) is 6.70. The molecule has 1 saturated carbocycles. The standard InChI is InChI=1S/C12H21N3O2S2/c1-9(6-7-10-4-2-3-5-10)15-12-14-8-11(18-12)19(13,16)17/h8-10H,2-7H2,1H3,(H,14,15)(H2,13,16,17). The van der Waals surface area contributed by atoms with E-state index in [1.807, 2.05) is 0 Å². The van der Waals surface area contributed by atoms with Crippen molar-refractivity contribution >= 4 is 26.5 Å². The van der Waals surface area contributed by atoms with Crippen molar-refractivity contribution in [2.75, 3.05) is 5.32 Å². The second kappa shape index (κ2) is 6.19. The van der Waals surface area contributed by atoms with Crippen LogP contribution in [-0.4, -0.2) is 19.4 Å². The maximum absolute atomic E-state index is 11.2. The van der Waals surface area contributed by atoms with Gasteiger partial charge in [0.25, 0.3) is 0 Å². The van der Waals surface area contributed by atoms with Crippen molar-refractivity contribution in [3.63, 3.8) is 0 Å². The van der Waals surface area contributed by atoms with Gasteiger partial charge in [-0.1, -0.05) is 37.0 Å². The summed E-state index contributed by atoms with van der Waals surface area (Å²) < 4.78 is 22.4. The molecule has 1 unspecified atom stereocenters. The third-order valence-corrected chi connectivity index (χ3v) is 5.95. The molecule has 0 bridgehead atoms. The average Bonchev–Trinajstić information content (AvgIpc) is 2.95. The molecule has 1 atom stereocenters. The van der Waals surface area contributed by atoms with Gasteiger partial charge in [0.15, 0.2) is 9.34 Å². The third kappa shape index (κ3) is 4.43. The molecule has 1 aromatic rings. The number of hydrogen-bond acceptors (Lipinski definition) is 5. The summed E-state index contributed by atoms with van der Waals surface area (Å²) >= 11 is 1.09. The SMILES string of the molecule is CC(CCC1CCCC1)Nc1ncc(S(N)(=O)=O)s1. The number of anilines is 1. The summed E-state index contributed by atoms with van der Waals surface area (Å²) in [5, 5.41) is 8.93. The van der Waals surface area contributed by atoms with E-state index in [1.54, 1.807) is 0 Å². The van der Waals surface area contributed by atoms with Gasteiger partial charge in [0.2, 0.25) is 10.0 Å². The molecule has 3 N–H and O–H groups in total. The minimum atomic E-state index is -3.63. The van der Waals surface area contributed by atoms with Gasteiger partial charge < -0.3 is 5.32 Å². The van der Waals surface area contributed by atoms with Crippen LogP contribution in [0.25, 0.3) is 0 Å². The fraction of sp³-hybridized carbons (Fsp3) is 0.750. The molecule has 108 valence electrons. The fourth-order valence-electron chi connectivity index (χ4n) is 2.53. The van der Waals surface area contributed by atoms with E-state index >= 15 is 0 Å². The van der Waals surface area contributed by atoms with Gasteiger partial charge in [-0.05, 0) is 25.7 Å². The maximum atomic E-state index is 11.2.